The topological polar surface area (TPSA) is 107 Å². The molecule has 0 aromatic carbocycles. The zero-order valence-electron chi connectivity index (χ0n) is 16.8. The molecule has 3 heterocycles. The van der Waals surface area contributed by atoms with E-state index in [2.05, 4.69) is 4.90 Å². The van der Waals surface area contributed by atoms with E-state index in [0.29, 0.717) is 23.5 Å². The van der Waals surface area contributed by atoms with Gasteiger partial charge in [0.05, 0.1) is 4.91 Å². The molecule has 2 saturated heterocycles. The number of carboxylic acids is 1. The van der Waals surface area contributed by atoms with Crippen LogP contribution >= 0.6 is 24.0 Å². The number of thioether (sulfide) groups is 1. The number of aromatic nitrogens is 1. The minimum atomic E-state index is -1.15. The second-order valence-electron chi connectivity index (χ2n) is 7.11. The first-order valence-corrected chi connectivity index (χ1v) is 10.9. The van der Waals surface area contributed by atoms with Crippen molar-refractivity contribution in [3.63, 3.8) is 0 Å². The highest BCUT2D eigenvalue weighted by Crippen LogP contribution is 2.36. The van der Waals surface area contributed by atoms with Crippen LogP contribution in [0.25, 0.3) is 6.08 Å². The van der Waals surface area contributed by atoms with Crippen molar-refractivity contribution in [3.8, 4) is 6.07 Å². The monoisotopic (exact) mass is 446 g/mol. The summed E-state index contributed by atoms with van der Waals surface area (Å²) in [5, 5.41) is 18.6. The Kier molecular flexibility index (Phi) is 6.63. The number of carbonyl (C=O) groups excluding carboxylic acids is 1. The lowest BCUT2D eigenvalue weighted by Crippen LogP contribution is -2.37. The van der Waals surface area contributed by atoms with Crippen molar-refractivity contribution >= 4 is 52.1 Å². The molecule has 2 aliphatic rings. The standard InChI is InChI=1S/C20H22N4O4S2/c1-3-23-17(22-7-5-4-6-8-22)13(12(2)14(10-21)18(23)27)9-15-19(28)24(11-16(25)26)20(29)30-15/h9H,3-8,11H2,1-2H3,(H,25,26)/b15-9-. The zero-order valence-corrected chi connectivity index (χ0v) is 18.4. The van der Waals surface area contributed by atoms with Crippen LogP contribution in [0.1, 0.15) is 42.9 Å². The van der Waals surface area contributed by atoms with Crippen LogP contribution in [-0.2, 0) is 16.1 Å². The summed E-state index contributed by atoms with van der Waals surface area (Å²) in [5.41, 5.74) is 0.848. The van der Waals surface area contributed by atoms with Crippen molar-refractivity contribution in [1.82, 2.24) is 9.47 Å². The van der Waals surface area contributed by atoms with Gasteiger partial charge in [0.2, 0.25) is 0 Å². The summed E-state index contributed by atoms with van der Waals surface area (Å²) < 4.78 is 1.76. The summed E-state index contributed by atoms with van der Waals surface area (Å²) in [6, 6.07) is 2.00. The molecule has 2 aliphatic heterocycles. The Labute approximate surface area is 183 Å². The summed E-state index contributed by atoms with van der Waals surface area (Å²) in [4.78, 5) is 40.2. The number of hydrogen-bond acceptors (Lipinski definition) is 7. The Balaban J connectivity index is 2.21. The average molecular weight is 447 g/mol. The SMILES string of the molecule is CCn1c(N2CCCCC2)c(/C=C2\SC(=S)N(CC(=O)O)C2=O)c(C)c(C#N)c1=O. The van der Waals surface area contributed by atoms with Crippen molar-refractivity contribution in [3.05, 3.63) is 31.9 Å². The number of anilines is 1. The van der Waals surface area contributed by atoms with Gasteiger partial charge in [-0.05, 0) is 44.7 Å². The minimum Gasteiger partial charge on any atom is -0.480 e. The fourth-order valence-electron chi connectivity index (χ4n) is 3.79. The van der Waals surface area contributed by atoms with Gasteiger partial charge in [0.25, 0.3) is 11.5 Å². The maximum atomic E-state index is 12.9. The molecule has 0 radical (unpaired) electrons. The molecule has 158 valence electrons. The molecule has 0 saturated carbocycles. The lowest BCUT2D eigenvalue weighted by atomic mass is 10.0. The van der Waals surface area contributed by atoms with Crippen molar-refractivity contribution in [1.29, 1.82) is 5.26 Å². The Bertz CT molecular complexity index is 1050. The number of hydrogen-bond donors (Lipinski definition) is 1. The summed E-state index contributed by atoms with van der Waals surface area (Å²) in [6.45, 7) is 5.01. The predicted octanol–water partition coefficient (Wildman–Crippen LogP) is 2.32. The molecule has 0 unspecified atom stereocenters. The Hall–Kier alpha value is -2.64. The van der Waals surface area contributed by atoms with Crippen LogP contribution in [0, 0.1) is 18.3 Å². The van der Waals surface area contributed by atoms with Gasteiger partial charge in [-0.15, -0.1) is 0 Å². The number of carboxylic acid groups (broad SMARTS) is 1. The molecule has 0 aliphatic carbocycles. The summed E-state index contributed by atoms with van der Waals surface area (Å²) >= 11 is 6.21. The highest BCUT2D eigenvalue weighted by Gasteiger charge is 2.34. The van der Waals surface area contributed by atoms with E-state index in [1.807, 2.05) is 13.0 Å². The number of amides is 1. The van der Waals surface area contributed by atoms with Gasteiger partial charge >= 0.3 is 5.97 Å². The van der Waals surface area contributed by atoms with Crippen LogP contribution < -0.4 is 10.5 Å². The third kappa shape index (κ3) is 4.00. The first-order chi connectivity index (χ1) is 14.3. The van der Waals surface area contributed by atoms with E-state index in [4.69, 9.17) is 17.3 Å². The molecule has 8 nitrogen and oxygen atoms in total. The minimum absolute atomic E-state index is 0.0462. The highest BCUT2D eigenvalue weighted by atomic mass is 32.2. The molecule has 0 bridgehead atoms. The Morgan fingerprint density at radius 1 is 1.30 bits per heavy atom. The summed E-state index contributed by atoms with van der Waals surface area (Å²) in [5.74, 6) is -0.935. The van der Waals surface area contributed by atoms with Crippen molar-refractivity contribution in [2.45, 2.75) is 39.7 Å². The molecule has 3 rings (SSSR count). The van der Waals surface area contributed by atoms with Gasteiger partial charge in [-0.3, -0.25) is 23.9 Å². The molecule has 10 heteroatoms. The largest absolute Gasteiger partial charge is 0.480 e. The third-order valence-electron chi connectivity index (χ3n) is 5.26. The van der Waals surface area contributed by atoms with Crippen molar-refractivity contribution in [2.75, 3.05) is 24.5 Å². The van der Waals surface area contributed by atoms with Gasteiger partial charge in [-0.1, -0.05) is 24.0 Å². The second kappa shape index (κ2) is 9.02. The van der Waals surface area contributed by atoms with Crippen LogP contribution in [0.2, 0.25) is 0 Å². The normalized spacial score (nSPS) is 18.2. The summed E-state index contributed by atoms with van der Waals surface area (Å²) in [7, 11) is 0. The van der Waals surface area contributed by atoms with Gasteiger partial charge in [-0.25, -0.2) is 0 Å². The smallest absolute Gasteiger partial charge is 0.323 e. The van der Waals surface area contributed by atoms with Gasteiger partial charge in [0.15, 0.2) is 0 Å². The fraction of sp³-hybridized carbons (Fsp3) is 0.450. The first kappa shape index (κ1) is 22.1. The van der Waals surface area contributed by atoms with E-state index in [9.17, 15) is 19.6 Å². The van der Waals surface area contributed by atoms with Gasteiger partial charge in [-0.2, -0.15) is 5.26 Å². The number of carbonyl (C=O) groups is 2. The van der Waals surface area contributed by atoms with Gasteiger partial charge in [0, 0.05) is 25.2 Å². The molecule has 1 aromatic heterocycles. The number of pyridine rings is 1. The first-order valence-electron chi connectivity index (χ1n) is 9.69. The average Bonchev–Trinajstić information content (AvgIpc) is 2.97. The molecular weight excluding hydrogens is 424 g/mol. The van der Waals surface area contributed by atoms with Gasteiger partial charge in [0.1, 0.15) is 28.3 Å². The summed E-state index contributed by atoms with van der Waals surface area (Å²) in [6.07, 6.45) is 4.76. The van der Waals surface area contributed by atoms with Crippen LogP contribution in [0.15, 0.2) is 9.70 Å². The predicted molar refractivity (Wildman–Crippen MR) is 119 cm³/mol. The number of aliphatic carboxylic acids is 1. The lowest BCUT2D eigenvalue weighted by Gasteiger charge is -2.33. The van der Waals surface area contributed by atoms with E-state index in [-0.39, 0.29) is 20.3 Å². The van der Waals surface area contributed by atoms with E-state index in [1.165, 1.54) is 0 Å². The van der Waals surface area contributed by atoms with Crippen LogP contribution in [0.5, 0.6) is 0 Å². The van der Waals surface area contributed by atoms with Gasteiger partial charge < -0.3 is 10.0 Å². The molecule has 1 aromatic rings. The number of thiocarbonyl (C=S) groups is 1. The van der Waals surface area contributed by atoms with E-state index in [0.717, 1.165) is 49.0 Å². The number of piperidine rings is 1. The molecule has 0 spiro atoms. The van der Waals surface area contributed by atoms with Crippen LogP contribution in [0.4, 0.5) is 5.82 Å². The Morgan fingerprint density at radius 3 is 2.53 bits per heavy atom. The quantitative estimate of drug-likeness (QED) is 0.543. The molecule has 0 atom stereocenters. The Morgan fingerprint density at radius 2 is 1.97 bits per heavy atom. The maximum Gasteiger partial charge on any atom is 0.323 e. The van der Waals surface area contributed by atoms with Crippen LogP contribution in [-0.4, -0.2) is 50.4 Å². The number of nitrogens with zero attached hydrogens (tertiary/aromatic N) is 4. The zero-order chi connectivity index (χ0) is 22.0. The van der Waals surface area contributed by atoms with Crippen LogP contribution in [0.3, 0.4) is 0 Å². The highest BCUT2D eigenvalue weighted by molar-refractivity contribution is 8.26. The van der Waals surface area contributed by atoms with Crippen molar-refractivity contribution < 1.29 is 14.7 Å². The molecular formula is C20H22N4O4S2. The van der Waals surface area contributed by atoms with Crippen molar-refractivity contribution in [2.24, 2.45) is 0 Å². The number of nitriles is 1. The third-order valence-corrected chi connectivity index (χ3v) is 6.64. The molecule has 30 heavy (non-hydrogen) atoms. The molecule has 1 N–H and O–H groups in total. The van der Waals surface area contributed by atoms with E-state index >= 15 is 0 Å². The lowest BCUT2D eigenvalue weighted by molar-refractivity contribution is -0.140. The van der Waals surface area contributed by atoms with E-state index in [1.54, 1.807) is 17.6 Å². The van der Waals surface area contributed by atoms with E-state index < -0.39 is 18.4 Å². The fourth-order valence-corrected chi connectivity index (χ4v) is 5.02. The molecule has 2 fully saturated rings. The maximum absolute atomic E-state index is 12.9. The molecule has 1 amide bonds. The second-order valence-corrected chi connectivity index (χ2v) is 8.78. The number of rotatable bonds is 5.